The Balaban J connectivity index is 2.33. The van der Waals surface area contributed by atoms with Crippen LogP contribution in [0.1, 0.15) is 57.1 Å². The molecule has 90 valence electrons. The number of unbranched alkanes of at least 4 members (excludes halogenated alkanes) is 2. The summed E-state index contributed by atoms with van der Waals surface area (Å²) in [7, 11) is 0. The predicted molar refractivity (Wildman–Crippen MR) is 64.1 cm³/mol. The zero-order valence-corrected chi connectivity index (χ0v) is 10.4. The van der Waals surface area contributed by atoms with Crippen molar-refractivity contribution in [3.63, 3.8) is 0 Å². The molecule has 3 nitrogen and oxygen atoms in total. The molecular formula is C13H21NO2. The number of carbonyl (C=O) groups excluding carboxylic acids is 1. The van der Waals surface area contributed by atoms with Gasteiger partial charge in [0.2, 0.25) is 5.91 Å². The van der Waals surface area contributed by atoms with Gasteiger partial charge in [0.15, 0.2) is 0 Å². The molecular weight excluding hydrogens is 202 g/mol. The number of nitrogens with one attached hydrogen (secondary N) is 1. The van der Waals surface area contributed by atoms with Crippen LogP contribution in [0.3, 0.4) is 0 Å². The van der Waals surface area contributed by atoms with Crippen molar-refractivity contribution in [3.8, 4) is 0 Å². The molecule has 0 aliphatic heterocycles. The molecule has 1 aromatic heterocycles. The molecule has 0 fully saturated rings. The highest BCUT2D eigenvalue weighted by molar-refractivity contribution is 5.76. The van der Waals surface area contributed by atoms with Crippen LogP contribution >= 0.6 is 0 Å². The summed E-state index contributed by atoms with van der Waals surface area (Å²) in [6, 6.07) is 3.78. The average Bonchev–Trinajstić information content (AvgIpc) is 2.65. The van der Waals surface area contributed by atoms with Crippen LogP contribution in [-0.4, -0.2) is 5.91 Å². The zero-order chi connectivity index (χ0) is 12.0. The van der Waals surface area contributed by atoms with E-state index in [1.54, 1.807) is 0 Å². The number of aryl methyl sites for hydroxylation is 1. The van der Waals surface area contributed by atoms with Gasteiger partial charge in [-0.2, -0.15) is 0 Å². The molecule has 0 saturated heterocycles. The largest absolute Gasteiger partial charge is 0.464 e. The summed E-state index contributed by atoms with van der Waals surface area (Å²) < 4.78 is 5.46. The van der Waals surface area contributed by atoms with E-state index in [0.717, 1.165) is 30.8 Å². The molecule has 0 spiro atoms. The average molecular weight is 223 g/mol. The minimum atomic E-state index is -0.0390. The van der Waals surface area contributed by atoms with E-state index in [1.807, 2.05) is 26.0 Å². The molecule has 1 heterocycles. The number of amides is 1. The summed E-state index contributed by atoms with van der Waals surface area (Å²) in [5.74, 6) is 1.80. The van der Waals surface area contributed by atoms with Gasteiger partial charge < -0.3 is 9.73 Å². The minimum absolute atomic E-state index is 0.0390. The third-order valence-electron chi connectivity index (χ3n) is 2.57. The van der Waals surface area contributed by atoms with E-state index in [2.05, 4.69) is 12.2 Å². The van der Waals surface area contributed by atoms with Crippen molar-refractivity contribution in [3.05, 3.63) is 23.7 Å². The van der Waals surface area contributed by atoms with Crippen molar-refractivity contribution in [1.82, 2.24) is 5.32 Å². The van der Waals surface area contributed by atoms with Gasteiger partial charge in [0.25, 0.3) is 0 Å². The van der Waals surface area contributed by atoms with E-state index in [9.17, 15) is 4.79 Å². The van der Waals surface area contributed by atoms with Crippen LogP contribution in [0.15, 0.2) is 16.5 Å². The first-order chi connectivity index (χ1) is 7.63. The maximum atomic E-state index is 11.6. The van der Waals surface area contributed by atoms with Crippen molar-refractivity contribution in [2.45, 2.75) is 52.5 Å². The first-order valence-electron chi connectivity index (χ1n) is 5.99. The third kappa shape index (κ3) is 4.09. The SMILES string of the molecule is CCCCCC(=O)NC(C)c1ccc(C)o1. The van der Waals surface area contributed by atoms with E-state index in [-0.39, 0.29) is 11.9 Å². The number of furan rings is 1. The molecule has 0 bridgehead atoms. The monoisotopic (exact) mass is 223 g/mol. The molecule has 1 unspecified atom stereocenters. The molecule has 0 aliphatic carbocycles. The van der Waals surface area contributed by atoms with Crippen LogP contribution in [0.25, 0.3) is 0 Å². The van der Waals surface area contributed by atoms with Crippen molar-refractivity contribution in [2.75, 3.05) is 0 Å². The lowest BCUT2D eigenvalue weighted by atomic mass is 10.2. The van der Waals surface area contributed by atoms with Crippen molar-refractivity contribution in [1.29, 1.82) is 0 Å². The molecule has 0 aromatic carbocycles. The molecule has 1 N–H and O–H groups in total. The highest BCUT2D eigenvalue weighted by atomic mass is 16.3. The Kier molecular flexibility index (Phi) is 5.09. The second-order valence-corrected chi connectivity index (χ2v) is 4.19. The summed E-state index contributed by atoms with van der Waals surface area (Å²) in [4.78, 5) is 11.6. The van der Waals surface area contributed by atoms with Crippen molar-refractivity contribution >= 4 is 5.91 Å². The molecule has 0 saturated carbocycles. The van der Waals surface area contributed by atoms with Gasteiger partial charge in [-0.1, -0.05) is 19.8 Å². The second-order valence-electron chi connectivity index (χ2n) is 4.19. The van der Waals surface area contributed by atoms with E-state index in [1.165, 1.54) is 0 Å². The summed E-state index contributed by atoms with van der Waals surface area (Å²) in [6.45, 7) is 5.97. The van der Waals surface area contributed by atoms with E-state index in [0.29, 0.717) is 6.42 Å². The zero-order valence-electron chi connectivity index (χ0n) is 10.4. The summed E-state index contributed by atoms with van der Waals surface area (Å²) in [6.07, 6.45) is 3.83. The first-order valence-corrected chi connectivity index (χ1v) is 5.99. The smallest absolute Gasteiger partial charge is 0.220 e. The molecule has 1 amide bonds. The van der Waals surface area contributed by atoms with Gasteiger partial charge in [-0.05, 0) is 32.4 Å². The predicted octanol–water partition coefficient (Wildman–Crippen LogP) is 3.35. The van der Waals surface area contributed by atoms with Crippen LogP contribution in [0.5, 0.6) is 0 Å². The molecule has 3 heteroatoms. The first kappa shape index (κ1) is 12.8. The van der Waals surface area contributed by atoms with E-state index in [4.69, 9.17) is 4.42 Å². The number of rotatable bonds is 6. The summed E-state index contributed by atoms with van der Waals surface area (Å²) >= 11 is 0. The van der Waals surface area contributed by atoms with Gasteiger partial charge in [0, 0.05) is 6.42 Å². The van der Waals surface area contributed by atoms with Gasteiger partial charge in [0.1, 0.15) is 11.5 Å². The van der Waals surface area contributed by atoms with Gasteiger partial charge >= 0.3 is 0 Å². The van der Waals surface area contributed by atoms with Gasteiger partial charge in [-0.3, -0.25) is 4.79 Å². The number of carbonyl (C=O) groups is 1. The minimum Gasteiger partial charge on any atom is -0.464 e. The second kappa shape index (κ2) is 6.36. The summed E-state index contributed by atoms with van der Waals surface area (Å²) in [5, 5.41) is 2.94. The lowest BCUT2D eigenvalue weighted by molar-refractivity contribution is -0.122. The number of hydrogen-bond acceptors (Lipinski definition) is 2. The van der Waals surface area contributed by atoms with Gasteiger partial charge in [-0.15, -0.1) is 0 Å². The fourth-order valence-corrected chi connectivity index (χ4v) is 1.61. The third-order valence-corrected chi connectivity index (χ3v) is 2.57. The Morgan fingerprint density at radius 2 is 2.19 bits per heavy atom. The van der Waals surface area contributed by atoms with Crippen LogP contribution in [0.2, 0.25) is 0 Å². The Bertz CT molecular complexity index is 330. The van der Waals surface area contributed by atoms with Crippen LogP contribution in [0.4, 0.5) is 0 Å². The molecule has 0 radical (unpaired) electrons. The quantitative estimate of drug-likeness (QED) is 0.751. The maximum absolute atomic E-state index is 11.6. The normalized spacial score (nSPS) is 12.4. The standard InChI is InChI=1S/C13H21NO2/c1-4-5-6-7-13(15)14-11(3)12-9-8-10(2)16-12/h8-9,11H,4-7H2,1-3H3,(H,14,15). The van der Waals surface area contributed by atoms with Crippen LogP contribution < -0.4 is 5.32 Å². The fraction of sp³-hybridized carbons (Fsp3) is 0.615. The van der Waals surface area contributed by atoms with Crippen LogP contribution in [0, 0.1) is 6.92 Å². The lowest BCUT2D eigenvalue weighted by Gasteiger charge is -2.11. The highest BCUT2D eigenvalue weighted by Crippen LogP contribution is 2.15. The Morgan fingerprint density at radius 3 is 2.75 bits per heavy atom. The molecule has 1 rings (SSSR count). The van der Waals surface area contributed by atoms with Gasteiger partial charge in [-0.25, -0.2) is 0 Å². The van der Waals surface area contributed by atoms with E-state index >= 15 is 0 Å². The van der Waals surface area contributed by atoms with E-state index < -0.39 is 0 Å². The molecule has 16 heavy (non-hydrogen) atoms. The Labute approximate surface area is 97.2 Å². The Morgan fingerprint density at radius 1 is 1.44 bits per heavy atom. The molecule has 0 aliphatic rings. The number of hydrogen-bond donors (Lipinski definition) is 1. The lowest BCUT2D eigenvalue weighted by Crippen LogP contribution is -2.25. The highest BCUT2D eigenvalue weighted by Gasteiger charge is 2.11. The van der Waals surface area contributed by atoms with Crippen molar-refractivity contribution < 1.29 is 9.21 Å². The van der Waals surface area contributed by atoms with Crippen molar-refractivity contribution in [2.24, 2.45) is 0 Å². The topological polar surface area (TPSA) is 42.2 Å². The Hall–Kier alpha value is -1.25. The van der Waals surface area contributed by atoms with Gasteiger partial charge in [0.05, 0.1) is 6.04 Å². The maximum Gasteiger partial charge on any atom is 0.220 e. The molecule has 1 atom stereocenters. The summed E-state index contributed by atoms with van der Waals surface area (Å²) in [5.41, 5.74) is 0. The van der Waals surface area contributed by atoms with Crippen LogP contribution in [-0.2, 0) is 4.79 Å². The molecule has 1 aromatic rings. The fourth-order valence-electron chi connectivity index (χ4n) is 1.61.